The van der Waals surface area contributed by atoms with E-state index in [1.54, 1.807) is 0 Å². The molecule has 1 saturated carbocycles. The van der Waals surface area contributed by atoms with Crippen molar-refractivity contribution in [3.63, 3.8) is 0 Å². The van der Waals surface area contributed by atoms with Crippen molar-refractivity contribution >= 4 is 0 Å². The molecule has 2 N–H and O–H groups in total. The summed E-state index contributed by atoms with van der Waals surface area (Å²) in [5.41, 5.74) is 5.95. The van der Waals surface area contributed by atoms with E-state index in [9.17, 15) is 0 Å². The third-order valence-electron chi connectivity index (χ3n) is 4.04. The molecule has 94 valence electrons. The van der Waals surface area contributed by atoms with Crippen molar-refractivity contribution in [1.29, 1.82) is 0 Å². The predicted octanol–water partition coefficient (Wildman–Crippen LogP) is 1.61. The summed E-state index contributed by atoms with van der Waals surface area (Å²) >= 11 is 0. The van der Waals surface area contributed by atoms with Gasteiger partial charge < -0.3 is 15.4 Å². The molecule has 2 atom stereocenters. The number of likely N-dealkylation sites (tertiary alicyclic amines) is 1. The van der Waals surface area contributed by atoms with Gasteiger partial charge in [0.25, 0.3) is 0 Å². The average Bonchev–Trinajstić information content (AvgIpc) is 2.67. The van der Waals surface area contributed by atoms with Crippen LogP contribution in [0.15, 0.2) is 0 Å². The lowest BCUT2D eigenvalue weighted by Gasteiger charge is -2.33. The van der Waals surface area contributed by atoms with Gasteiger partial charge in [0.1, 0.15) is 0 Å². The number of hydrogen-bond donors (Lipinski definition) is 1. The van der Waals surface area contributed by atoms with Crippen LogP contribution in [0.2, 0.25) is 0 Å². The van der Waals surface area contributed by atoms with E-state index in [1.165, 1.54) is 51.7 Å². The summed E-state index contributed by atoms with van der Waals surface area (Å²) < 4.78 is 5.67. The van der Waals surface area contributed by atoms with Gasteiger partial charge >= 0.3 is 0 Å². The van der Waals surface area contributed by atoms with Crippen molar-refractivity contribution in [2.75, 3.05) is 26.2 Å². The van der Waals surface area contributed by atoms with E-state index in [0.29, 0.717) is 12.1 Å². The fourth-order valence-corrected chi connectivity index (χ4v) is 3.14. The summed E-state index contributed by atoms with van der Waals surface area (Å²) in [6.07, 6.45) is 6.77. The minimum atomic E-state index is 0.478. The van der Waals surface area contributed by atoms with Gasteiger partial charge in [-0.2, -0.15) is 0 Å². The molecular weight excluding hydrogens is 200 g/mol. The molecule has 0 amide bonds. The summed E-state index contributed by atoms with van der Waals surface area (Å²) in [6, 6.07) is 0.478. The Bertz CT molecular complexity index is 202. The molecule has 0 aromatic carbocycles. The maximum absolute atomic E-state index is 5.95. The zero-order valence-corrected chi connectivity index (χ0v) is 10.5. The normalized spacial score (nSPS) is 33.4. The smallest absolute Gasteiger partial charge is 0.0599 e. The minimum Gasteiger partial charge on any atom is -0.378 e. The van der Waals surface area contributed by atoms with Gasteiger partial charge in [-0.15, -0.1) is 0 Å². The quantitative estimate of drug-likeness (QED) is 0.791. The molecule has 0 bridgehead atoms. The van der Waals surface area contributed by atoms with Crippen LogP contribution in [-0.4, -0.2) is 43.3 Å². The summed E-state index contributed by atoms with van der Waals surface area (Å²) in [4.78, 5) is 2.61. The zero-order chi connectivity index (χ0) is 11.4. The number of nitrogens with two attached hydrogens (primary N) is 1. The zero-order valence-electron chi connectivity index (χ0n) is 10.5. The summed E-state index contributed by atoms with van der Waals surface area (Å²) in [5.74, 6) is 0.860. The Morgan fingerprint density at radius 3 is 2.50 bits per heavy atom. The Balaban J connectivity index is 1.65. The van der Waals surface area contributed by atoms with Crippen LogP contribution < -0.4 is 5.73 Å². The van der Waals surface area contributed by atoms with E-state index < -0.39 is 0 Å². The molecule has 16 heavy (non-hydrogen) atoms. The monoisotopic (exact) mass is 226 g/mol. The highest BCUT2D eigenvalue weighted by Gasteiger charge is 2.26. The van der Waals surface area contributed by atoms with Crippen LogP contribution in [0.4, 0.5) is 0 Å². The second kappa shape index (κ2) is 5.99. The topological polar surface area (TPSA) is 38.5 Å². The lowest BCUT2D eigenvalue weighted by atomic mass is 10.0. The van der Waals surface area contributed by atoms with Gasteiger partial charge in [-0.3, -0.25) is 0 Å². The van der Waals surface area contributed by atoms with Crippen LogP contribution in [0, 0.1) is 5.92 Å². The average molecular weight is 226 g/mol. The Morgan fingerprint density at radius 2 is 1.94 bits per heavy atom. The Morgan fingerprint density at radius 1 is 1.19 bits per heavy atom. The molecule has 1 aliphatic carbocycles. The van der Waals surface area contributed by atoms with E-state index in [-0.39, 0.29) is 0 Å². The van der Waals surface area contributed by atoms with E-state index in [1.807, 2.05) is 0 Å². The first-order chi connectivity index (χ1) is 7.78. The maximum atomic E-state index is 5.95. The van der Waals surface area contributed by atoms with Gasteiger partial charge in [-0.05, 0) is 44.9 Å². The van der Waals surface area contributed by atoms with Gasteiger partial charge in [-0.1, -0.05) is 0 Å². The molecule has 2 aliphatic rings. The molecule has 2 fully saturated rings. The molecule has 2 unspecified atom stereocenters. The van der Waals surface area contributed by atoms with Gasteiger partial charge in [0.15, 0.2) is 0 Å². The lowest BCUT2D eigenvalue weighted by Crippen LogP contribution is -2.39. The second-order valence-electron chi connectivity index (χ2n) is 5.39. The first-order valence-corrected chi connectivity index (χ1v) is 6.87. The fourth-order valence-electron chi connectivity index (χ4n) is 3.14. The minimum absolute atomic E-state index is 0.478. The van der Waals surface area contributed by atoms with Crippen LogP contribution in [0.1, 0.15) is 39.0 Å². The molecule has 1 saturated heterocycles. The largest absolute Gasteiger partial charge is 0.378 e. The molecular formula is C13H26N2O. The van der Waals surface area contributed by atoms with Crippen LogP contribution in [0.3, 0.4) is 0 Å². The van der Waals surface area contributed by atoms with E-state index >= 15 is 0 Å². The first kappa shape index (κ1) is 12.3. The predicted molar refractivity (Wildman–Crippen MR) is 66.4 cm³/mol. The Hall–Kier alpha value is -0.120. The highest BCUT2D eigenvalue weighted by atomic mass is 16.5. The maximum Gasteiger partial charge on any atom is 0.0599 e. The van der Waals surface area contributed by atoms with Crippen LogP contribution >= 0.6 is 0 Å². The van der Waals surface area contributed by atoms with Gasteiger partial charge in [0, 0.05) is 32.3 Å². The van der Waals surface area contributed by atoms with Crippen LogP contribution in [-0.2, 0) is 4.74 Å². The number of piperidine rings is 1. The number of nitrogens with zero attached hydrogens (tertiary/aromatic N) is 1. The molecule has 1 heterocycles. The SMILES string of the molecule is CCOC1CCN(CC2CCC(N)C2)CC1. The number of hydrogen-bond acceptors (Lipinski definition) is 3. The van der Waals surface area contributed by atoms with E-state index in [4.69, 9.17) is 10.5 Å². The standard InChI is InChI=1S/C13H26N2O/c1-2-16-13-5-7-15(8-6-13)10-11-3-4-12(14)9-11/h11-13H,2-10,14H2,1H3. The van der Waals surface area contributed by atoms with Crippen LogP contribution in [0.25, 0.3) is 0 Å². The molecule has 0 aromatic heterocycles. The van der Waals surface area contributed by atoms with E-state index in [0.717, 1.165) is 12.5 Å². The second-order valence-corrected chi connectivity index (χ2v) is 5.39. The molecule has 3 heteroatoms. The molecule has 2 rings (SSSR count). The molecule has 0 aromatic rings. The highest BCUT2D eigenvalue weighted by molar-refractivity contribution is 4.82. The third kappa shape index (κ3) is 3.44. The third-order valence-corrected chi connectivity index (χ3v) is 4.04. The molecule has 1 aliphatic heterocycles. The van der Waals surface area contributed by atoms with Crippen molar-refractivity contribution in [2.24, 2.45) is 11.7 Å². The molecule has 0 radical (unpaired) electrons. The van der Waals surface area contributed by atoms with Crippen molar-refractivity contribution in [3.8, 4) is 0 Å². The highest BCUT2D eigenvalue weighted by Crippen LogP contribution is 2.26. The van der Waals surface area contributed by atoms with Gasteiger partial charge in [-0.25, -0.2) is 0 Å². The summed E-state index contributed by atoms with van der Waals surface area (Å²) in [6.45, 7) is 6.66. The van der Waals surface area contributed by atoms with Crippen molar-refractivity contribution < 1.29 is 4.74 Å². The van der Waals surface area contributed by atoms with Crippen molar-refractivity contribution in [2.45, 2.75) is 51.2 Å². The van der Waals surface area contributed by atoms with E-state index in [2.05, 4.69) is 11.8 Å². The first-order valence-electron chi connectivity index (χ1n) is 6.87. The lowest BCUT2D eigenvalue weighted by molar-refractivity contribution is 0.0112. The molecule has 3 nitrogen and oxygen atoms in total. The van der Waals surface area contributed by atoms with Gasteiger partial charge in [0.05, 0.1) is 6.10 Å². The van der Waals surface area contributed by atoms with Crippen LogP contribution in [0.5, 0.6) is 0 Å². The Kier molecular flexibility index (Phi) is 4.62. The summed E-state index contributed by atoms with van der Waals surface area (Å²) in [7, 11) is 0. The van der Waals surface area contributed by atoms with Crippen molar-refractivity contribution in [3.05, 3.63) is 0 Å². The number of rotatable bonds is 4. The Labute approximate surface area is 99.3 Å². The van der Waals surface area contributed by atoms with Crippen molar-refractivity contribution in [1.82, 2.24) is 4.90 Å². The fraction of sp³-hybridized carbons (Fsp3) is 1.00. The number of ether oxygens (including phenoxy) is 1. The molecule has 0 spiro atoms. The summed E-state index contributed by atoms with van der Waals surface area (Å²) in [5, 5.41) is 0. The van der Waals surface area contributed by atoms with Gasteiger partial charge in [0.2, 0.25) is 0 Å².